The fourth-order valence-electron chi connectivity index (χ4n) is 3.10. The van der Waals surface area contributed by atoms with Crippen molar-refractivity contribution in [3.8, 4) is 0 Å². The number of hydrogen-bond donors (Lipinski definition) is 3. The summed E-state index contributed by atoms with van der Waals surface area (Å²) in [5, 5.41) is 16.1. The minimum absolute atomic E-state index is 0.0830. The summed E-state index contributed by atoms with van der Waals surface area (Å²) in [6.07, 6.45) is 9.85. The molecule has 1 amide bonds. The molecule has 2 rings (SSSR count). The number of carbonyl (C=O) groups is 1. The first-order valence-electron chi connectivity index (χ1n) is 7.46. The third-order valence-corrected chi connectivity index (χ3v) is 4.22. The maximum Gasteiger partial charge on any atom is 0.234 e. The van der Waals surface area contributed by atoms with E-state index in [-0.39, 0.29) is 18.1 Å². The van der Waals surface area contributed by atoms with Gasteiger partial charge < -0.3 is 15.7 Å². The summed E-state index contributed by atoms with van der Waals surface area (Å²) in [6.45, 7) is 0.345. The van der Waals surface area contributed by atoms with Crippen LogP contribution < -0.4 is 10.6 Å². The third-order valence-electron chi connectivity index (χ3n) is 4.22. The molecule has 0 saturated heterocycles. The minimum Gasteiger partial charge on any atom is -0.392 e. The SMILES string of the molecule is O=C(CNC1CCCCC1O)NC1CCCCC1. The zero-order valence-electron chi connectivity index (χ0n) is 11.2. The number of carbonyl (C=O) groups excluding carboxylic acids is 1. The zero-order valence-corrected chi connectivity index (χ0v) is 11.2. The van der Waals surface area contributed by atoms with Gasteiger partial charge in [0.05, 0.1) is 12.6 Å². The van der Waals surface area contributed by atoms with Crippen LogP contribution in [0.5, 0.6) is 0 Å². The molecule has 0 aliphatic heterocycles. The lowest BCUT2D eigenvalue weighted by Crippen LogP contribution is -2.48. The number of rotatable bonds is 4. The second kappa shape index (κ2) is 7.10. The second-order valence-electron chi connectivity index (χ2n) is 5.74. The minimum atomic E-state index is -0.277. The molecule has 2 aliphatic carbocycles. The molecule has 4 heteroatoms. The summed E-state index contributed by atoms with van der Waals surface area (Å²) in [5.74, 6) is 0.0830. The van der Waals surface area contributed by atoms with Crippen molar-refractivity contribution in [2.24, 2.45) is 0 Å². The van der Waals surface area contributed by atoms with Gasteiger partial charge in [-0.15, -0.1) is 0 Å². The van der Waals surface area contributed by atoms with Crippen LogP contribution in [-0.2, 0) is 4.79 Å². The van der Waals surface area contributed by atoms with Crippen molar-refractivity contribution in [2.45, 2.75) is 76.0 Å². The molecule has 0 bridgehead atoms. The van der Waals surface area contributed by atoms with Gasteiger partial charge in [0.2, 0.25) is 5.91 Å². The summed E-state index contributed by atoms with van der Waals surface area (Å²) < 4.78 is 0. The fourth-order valence-corrected chi connectivity index (χ4v) is 3.10. The Labute approximate surface area is 110 Å². The van der Waals surface area contributed by atoms with Gasteiger partial charge in [0.1, 0.15) is 0 Å². The summed E-state index contributed by atoms with van der Waals surface area (Å²) in [5.41, 5.74) is 0. The molecule has 0 aromatic heterocycles. The van der Waals surface area contributed by atoms with E-state index in [1.54, 1.807) is 0 Å². The smallest absolute Gasteiger partial charge is 0.234 e. The molecule has 0 spiro atoms. The van der Waals surface area contributed by atoms with Crippen LogP contribution in [0.2, 0.25) is 0 Å². The standard InChI is InChI=1S/C14H26N2O2/c17-13-9-5-4-8-12(13)15-10-14(18)16-11-6-2-1-3-7-11/h11-13,15,17H,1-10H2,(H,16,18). The van der Waals surface area contributed by atoms with E-state index in [2.05, 4.69) is 10.6 Å². The molecule has 0 aromatic rings. The highest BCUT2D eigenvalue weighted by molar-refractivity contribution is 5.78. The van der Waals surface area contributed by atoms with Gasteiger partial charge in [-0.25, -0.2) is 0 Å². The molecule has 0 radical (unpaired) electrons. The highest BCUT2D eigenvalue weighted by Gasteiger charge is 2.23. The quantitative estimate of drug-likeness (QED) is 0.709. The number of aliphatic hydroxyl groups is 1. The summed E-state index contributed by atoms with van der Waals surface area (Å²) in [6, 6.07) is 0.486. The van der Waals surface area contributed by atoms with Crippen LogP contribution in [-0.4, -0.2) is 35.7 Å². The van der Waals surface area contributed by atoms with E-state index in [9.17, 15) is 9.90 Å². The number of aliphatic hydroxyl groups excluding tert-OH is 1. The maximum atomic E-state index is 11.8. The van der Waals surface area contributed by atoms with E-state index in [4.69, 9.17) is 0 Å². The van der Waals surface area contributed by atoms with E-state index in [0.29, 0.717) is 12.6 Å². The molecule has 2 atom stereocenters. The van der Waals surface area contributed by atoms with Crippen LogP contribution in [0.15, 0.2) is 0 Å². The lowest BCUT2D eigenvalue weighted by molar-refractivity contribution is -0.121. The van der Waals surface area contributed by atoms with Gasteiger partial charge >= 0.3 is 0 Å². The lowest BCUT2D eigenvalue weighted by atomic mass is 9.92. The molecular weight excluding hydrogens is 228 g/mol. The Kier molecular flexibility index (Phi) is 5.45. The van der Waals surface area contributed by atoms with E-state index in [1.807, 2.05) is 0 Å². The molecule has 4 nitrogen and oxygen atoms in total. The van der Waals surface area contributed by atoms with Crippen molar-refractivity contribution in [2.75, 3.05) is 6.54 Å². The van der Waals surface area contributed by atoms with Crippen molar-refractivity contribution in [1.29, 1.82) is 0 Å². The predicted octanol–water partition coefficient (Wildman–Crippen LogP) is 1.33. The Morgan fingerprint density at radius 1 is 1.00 bits per heavy atom. The van der Waals surface area contributed by atoms with E-state index < -0.39 is 0 Å². The topological polar surface area (TPSA) is 61.4 Å². The van der Waals surface area contributed by atoms with Gasteiger partial charge in [-0.05, 0) is 25.7 Å². The average molecular weight is 254 g/mol. The van der Waals surface area contributed by atoms with Gasteiger partial charge in [0, 0.05) is 12.1 Å². The molecule has 2 saturated carbocycles. The van der Waals surface area contributed by atoms with Crippen molar-refractivity contribution >= 4 is 5.91 Å². The molecule has 104 valence electrons. The first-order valence-corrected chi connectivity index (χ1v) is 7.46. The van der Waals surface area contributed by atoms with Crippen LogP contribution in [0.3, 0.4) is 0 Å². The molecule has 2 aliphatic rings. The molecule has 2 fully saturated rings. The molecule has 2 unspecified atom stereocenters. The molecule has 3 N–H and O–H groups in total. The van der Waals surface area contributed by atoms with Crippen LogP contribution in [0.1, 0.15) is 57.8 Å². The van der Waals surface area contributed by atoms with Crippen molar-refractivity contribution < 1.29 is 9.90 Å². The van der Waals surface area contributed by atoms with Crippen LogP contribution >= 0.6 is 0 Å². The van der Waals surface area contributed by atoms with E-state index in [0.717, 1.165) is 38.5 Å². The lowest BCUT2D eigenvalue weighted by Gasteiger charge is -2.29. The third kappa shape index (κ3) is 4.25. The van der Waals surface area contributed by atoms with Crippen LogP contribution in [0.25, 0.3) is 0 Å². The van der Waals surface area contributed by atoms with Gasteiger partial charge in [-0.1, -0.05) is 32.1 Å². The Morgan fingerprint density at radius 2 is 1.67 bits per heavy atom. The van der Waals surface area contributed by atoms with Gasteiger partial charge in [-0.3, -0.25) is 4.79 Å². The Morgan fingerprint density at radius 3 is 2.39 bits per heavy atom. The monoisotopic (exact) mass is 254 g/mol. The number of hydrogen-bond acceptors (Lipinski definition) is 3. The largest absolute Gasteiger partial charge is 0.392 e. The van der Waals surface area contributed by atoms with E-state index in [1.165, 1.54) is 19.3 Å². The molecule has 0 aromatic carbocycles. The molecule has 0 heterocycles. The fraction of sp³-hybridized carbons (Fsp3) is 0.929. The highest BCUT2D eigenvalue weighted by atomic mass is 16.3. The van der Waals surface area contributed by atoms with Gasteiger partial charge in [-0.2, -0.15) is 0 Å². The molecular formula is C14H26N2O2. The number of amides is 1. The Hall–Kier alpha value is -0.610. The highest BCUT2D eigenvalue weighted by Crippen LogP contribution is 2.18. The first kappa shape index (κ1) is 13.8. The van der Waals surface area contributed by atoms with Gasteiger partial charge in [0.25, 0.3) is 0 Å². The van der Waals surface area contributed by atoms with Crippen LogP contribution in [0, 0.1) is 0 Å². The van der Waals surface area contributed by atoms with E-state index >= 15 is 0 Å². The average Bonchev–Trinajstić information content (AvgIpc) is 2.39. The number of nitrogens with one attached hydrogen (secondary N) is 2. The Balaban J connectivity index is 1.64. The van der Waals surface area contributed by atoms with Crippen LogP contribution in [0.4, 0.5) is 0 Å². The normalized spacial score (nSPS) is 30.1. The van der Waals surface area contributed by atoms with Crippen molar-refractivity contribution in [1.82, 2.24) is 10.6 Å². The molecule has 18 heavy (non-hydrogen) atoms. The summed E-state index contributed by atoms with van der Waals surface area (Å²) in [4.78, 5) is 11.8. The maximum absolute atomic E-state index is 11.8. The zero-order chi connectivity index (χ0) is 12.8. The summed E-state index contributed by atoms with van der Waals surface area (Å²) >= 11 is 0. The van der Waals surface area contributed by atoms with Gasteiger partial charge in [0.15, 0.2) is 0 Å². The Bertz CT molecular complexity index is 265. The summed E-state index contributed by atoms with van der Waals surface area (Å²) in [7, 11) is 0. The first-order chi connectivity index (χ1) is 8.75. The van der Waals surface area contributed by atoms with Crippen molar-refractivity contribution in [3.63, 3.8) is 0 Å². The van der Waals surface area contributed by atoms with Crippen molar-refractivity contribution in [3.05, 3.63) is 0 Å². The predicted molar refractivity (Wildman–Crippen MR) is 71.3 cm³/mol. The second-order valence-corrected chi connectivity index (χ2v) is 5.74.